The summed E-state index contributed by atoms with van der Waals surface area (Å²) in [7, 11) is -4.36. The van der Waals surface area contributed by atoms with Crippen molar-refractivity contribution < 1.29 is 27.4 Å². The van der Waals surface area contributed by atoms with Gasteiger partial charge in [0.1, 0.15) is 28.0 Å². The Bertz CT molecular complexity index is 1210. The van der Waals surface area contributed by atoms with E-state index in [0.717, 1.165) is 28.6 Å². The predicted octanol–water partition coefficient (Wildman–Crippen LogP) is 4.31. The van der Waals surface area contributed by atoms with Gasteiger partial charge in [-0.2, -0.15) is 0 Å². The third-order valence-corrected chi connectivity index (χ3v) is 6.71. The van der Waals surface area contributed by atoms with Crippen LogP contribution in [0.15, 0.2) is 59.5 Å². The molecule has 0 spiro atoms. The van der Waals surface area contributed by atoms with Gasteiger partial charge < -0.3 is 10.2 Å². The Morgan fingerprint density at radius 1 is 0.893 bits per heavy atom. The summed E-state index contributed by atoms with van der Waals surface area (Å²) in [6.45, 7) is 1.56. The van der Waals surface area contributed by atoms with Crippen LogP contribution in [0.5, 0.6) is 11.5 Å². The summed E-state index contributed by atoms with van der Waals surface area (Å²) in [5.74, 6) is -2.11. The molecule has 0 amide bonds. The van der Waals surface area contributed by atoms with Crippen molar-refractivity contribution in [3.8, 4) is 22.6 Å². The zero-order valence-electron chi connectivity index (χ0n) is 14.6. The van der Waals surface area contributed by atoms with Crippen LogP contribution in [-0.4, -0.2) is 18.6 Å². The number of aromatic hydroxyl groups is 2. The van der Waals surface area contributed by atoms with Crippen molar-refractivity contribution in [3.05, 3.63) is 71.8 Å². The second-order valence-corrected chi connectivity index (χ2v) is 8.31. The van der Waals surface area contributed by atoms with E-state index in [2.05, 4.69) is 0 Å². The van der Waals surface area contributed by atoms with Crippen LogP contribution in [-0.2, 0) is 10.0 Å². The van der Waals surface area contributed by atoms with Crippen LogP contribution >= 0.6 is 0 Å². The fourth-order valence-corrected chi connectivity index (χ4v) is 5.26. The molecule has 1 atom stereocenters. The number of sulfonamides is 1. The minimum atomic E-state index is -4.36. The Hall–Kier alpha value is -3.13. The maximum Gasteiger partial charge on any atom is 0.268 e. The first-order valence-electron chi connectivity index (χ1n) is 8.36. The maximum absolute atomic E-state index is 14.0. The van der Waals surface area contributed by atoms with Crippen molar-refractivity contribution in [2.75, 3.05) is 4.31 Å². The van der Waals surface area contributed by atoms with Gasteiger partial charge in [0.25, 0.3) is 10.0 Å². The first kappa shape index (κ1) is 18.2. The standard InChI is InChI=1S/C20H15F2NO4S/c1-11-17-8-12(21)2-5-15(17)16-6-3-13(22)9-18(16)23(11)28(26,27)20-7-4-14(24)10-19(20)25/h2-11,24-25H,1H3/t11-/m1/s1. The molecule has 2 N–H and O–H groups in total. The van der Waals surface area contributed by atoms with Gasteiger partial charge in [0.2, 0.25) is 0 Å². The summed E-state index contributed by atoms with van der Waals surface area (Å²) in [5.41, 5.74) is 1.53. The normalized spacial score (nSPS) is 15.8. The number of anilines is 1. The van der Waals surface area contributed by atoms with Gasteiger partial charge >= 0.3 is 0 Å². The molecule has 0 aromatic heterocycles. The number of phenols is 2. The third kappa shape index (κ3) is 2.68. The zero-order valence-corrected chi connectivity index (χ0v) is 15.4. The molecule has 0 unspecified atom stereocenters. The highest BCUT2D eigenvalue weighted by Crippen LogP contribution is 2.48. The Morgan fingerprint density at radius 3 is 2.21 bits per heavy atom. The van der Waals surface area contributed by atoms with E-state index in [0.29, 0.717) is 16.7 Å². The molecule has 3 aromatic rings. The minimum absolute atomic E-state index is 0.0825. The van der Waals surface area contributed by atoms with Gasteiger partial charge in [0, 0.05) is 11.6 Å². The SMILES string of the molecule is C[C@@H]1c2cc(F)ccc2-c2ccc(F)cc2N1S(=O)(=O)c1ccc(O)cc1O. The monoisotopic (exact) mass is 403 g/mol. The second kappa shape index (κ2) is 6.20. The molecular weight excluding hydrogens is 388 g/mol. The number of hydrogen-bond donors (Lipinski definition) is 2. The van der Waals surface area contributed by atoms with E-state index in [1.54, 1.807) is 6.92 Å². The summed E-state index contributed by atoms with van der Waals surface area (Å²) in [6, 6.07) is 9.98. The minimum Gasteiger partial charge on any atom is -0.508 e. The molecule has 8 heteroatoms. The van der Waals surface area contributed by atoms with Gasteiger partial charge in [0.15, 0.2) is 0 Å². The number of rotatable bonds is 2. The van der Waals surface area contributed by atoms with E-state index in [1.165, 1.54) is 30.3 Å². The fraction of sp³-hybridized carbons (Fsp3) is 0.100. The lowest BCUT2D eigenvalue weighted by Gasteiger charge is -2.37. The molecule has 4 rings (SSSR count). The smallest absolute Gasteiger partial charge is 0.268 e. The fourth-order valence-electron chi connectivity index (χ4n) is 3.54. The summed E-state index contributed by atoms with van der Waals surface area (Å²) in [6.07, 6.45) is 0. The summed E-state index contributed by atoms with van der Waals surface area (Å²) >= 11 is 0. The molecular formula is C20H15F2NO4S. The quantitative estimate of drug-likeness (QED) is 0.668. The molecule has 5 nitrogen and oxygen atoms in total. The van der Waals surface area contributed by atoms with Crippen molar-refractivity contribution in [1.82, 2.24) is 0 Å². The Morgan fingerprint density at radius 2 is 1.54 bits per heavy atom. The number of hydrogen-bond acceptors (Lipinski definition) is 4. The molecule has 1 aliphatic heterocycles. The molecule has 1 heterocycles. The molecule has 3 aromatic carbocycles. The number of benzene rings is 3. The lowest BCUT2D eigenvalue weighted by atomic mass is 9.90. The van der Waals surface area contributed by atoms with E-state index in [1.807, 2.05) is 0 Å². The summed E-state index contributed by atoms with van der Waals surface area (Å²) in [4.78, 5) is -0.452. The Kier molecular flexibility index (Phi) is 4.04. The molecule has 0 radical (unpaired) electrons. The second-order valence-electron chi connectivity index (χ2n) is 6.52. The van der Waals surface area contributed by atoms with Crippen molar-refractivity contribution in [2.45, 2.75) is 17.9 Å². The van der Waals surface area contributed by atoms with Crippen LogP contribution in [0, 0.1) is 11.6 Å². The van der Waals surface area contributed by atoms with Gasteiger partial charge in [-0.15, -0.1) is 0 Å². The molecule has 0 bridgehead atoms. The molecule has 28 heavy (non-hydrogen) atoms. The van der Waals surface area contributed by atoms with Crippen LogP contribution in [0.4, 0.5) is 14.5 Å². The van der Waals surface area contributed by atoms with Crippen LogP contribution in [0.1, 0.15) is 18.5 Å². The topological polar surface area (TPSA) is 77.8 Å². The van der Waals surface area contributed by atoms with Crippen LogP contribution in [0.2, 0.25) is 0 Å². The molecule has 144 valence electrons. The maximum atomic E-state index is 14.0. The molecule has 0 aliphatic carbocycles. The van der Waals surface area contributed by atoms with E-state index in [-0.39, 0.29) is 11.4 Å². The average Bonchev–Trinajstić information content (AvgIpc) is 2.61. The van der Waals surface area contributed by atoms with Crippen molar-refractivity contribution in [1.29, 1.82) is 0 Å². The van der Waals surface area contributed by atoms with Gasteiger partial charge in [-0.25, -0.2) is 17.2 Å². The number of nitrogens with zero attached hydrogens (tertiary/aromatic N) is 1. The number of phenolic OH excluding ortho intramolecular Hbond substituents is 2. The summed E-state index contributed by atoms with van der Waals surface area (Å²) < 4.78 is 55.6. The highest BCUT2D eigenvalue weighted by atomic mass is 32.2. The van der Waals surface area contributed by atoms with Gasteiger partial charge in [-0.3, -0.25) is 4.31 Å². The van der Waals surface area contributed by atoms with Crippen molar-refractivity contribution in [2.24, 2.45) is 0 Å². The van der Waals surface area contributed by atoms with E-state index in [9.17, 15) is 27.4 Å². The molecule has 0 saturated heterocycles. The van der Waals surface area contributed by atoms with Crippen molar-refractivity contribution in [3.63, 3.8) is 0 Å². The third-order valence-electron chi connectivity index (χ3n) is 4.78. The predicted molar refractivity (Wildman–Crippen MR) is 99.6 cm³/mol. The summed E-state index contributed by atoms with van der Waals surface area (Å²) in [5, 5.41) is 19.5. The molecule has 0 fully saturated rings. The van der Waals surface area contributed by atoms with Gasteiger partial charge in [0.05, 0.1) is 11.7 Å². The van der Waals surface area contributed by atoms with Crippen LogP contribution in [0.3, 0.4) is 0 Å². The Balaban J connectivity index is 2.00. The van der Waals surface area contributed by atoms with Crippen LogP contribution < -0.4 is 4.31 Å². The van der Waals surface area contributed by atoms with E-state index >= 15 is 0 Å². The Labute approximate surface area is 160 Å². The highest BCUT2D eigenvalue weighted by molar-refractivity contribution is 7.93. The lowest BCUT2D eigenvalue weighted by molar-refractivity contribution is 0.439. The lowest BCUT2D eigenvalue weighted by Crippen LogP contribution is -2.36. The van der Waals surface area contributed by atoms with E-state index in [4.69, 9.17) is 0 Å². The van der Waals surface area contributed by atoms with Crippen molar-refractivity contribution >= 4 is 15.7 Å². The van der Waals surface area contributed by atoms with E-state index < -0.39 is 38.3 Å². The number of fused-ring (bicyclic) bond motifs is 3. The van der Waals surface area contributed by atoms with Crippen LogP contribution in [0.25, 0.3) is 11.1 Å². The zero-order chi connectivity index (χ0) is 20.2. The van der Waals surface area contributed by atoms with Gasteiger partial charge in [-0.05, 0) is 60.5 Å². The van der Waals surface area contributed by atoms with Gasteiger partial charge in [-0.1, -0.05) is 6.07 Å². The average molecular weight is 403 g/mol. The highest BCUT2D eigenvalue weighted by Gasteiger charge is 2.38. The number of halogens is 2. The first-order chi connectivity index (χ1) is 13.2. The molecule has 1 aliphatic rings. The first-order valence-corrected chi connectivity index (χ1v) is 9.80. The molecule has 0 saturated carbocycles. The largest absolute Gasteiger partial charge is 0.508 e.